The first-order valence-corrected chi connectivity index (χ1v) is 10.3. The minimum Gasteiger partial charge on any atom is -0.462 e. The summed E-state index contributed by atoms with van der Waals surface area (Å²) in [7, 11) is 5.30. The minimum absolute atomic E-state index is 0.233. The summed E-state index contributed by atoms with van der Waals surface area (Å²) in [6.07, 6.45) is 0.703. The maximum absolute atomic E-state index is 12.7. The molecular weight excluding hydrogens is 412 g/mol. The van der Waals surface area contributed by atoms with Gasteiger partial charge in [-0.05, 0) is 55.8 Å². The monoisotopic (exact) mass is 442 g/mol. The highest BCUT2D eigenvalue weighted by molar-refractivity contribution is 6.04. The fraction of sp³-hybridized carbons (Fsp3) is 0.348. The van der Waals surface area contributed by atoms with Gasteiger partial charge in [-0.1, -0.05) is 0 Å². The van der Waals surface area contributed by atoms with Crippen molar-refractivity contribution >= 4 is 35.0 Å². The molecule has 0 fully saturated rings. The van der Waals surface area contributed by atoms with Crippen LogP contribution in [0.5, 0.6) is 0 Å². The smallest absolute Gasteiger partial charge is 0.338 e. The maximum Gasteiger partial charge on any atom is 0.338 e. The SMILES string of the molecule is CCOC(=O)c1ccc(NC(=O)Nc2ccc(N(C)C)c(C(=O)NCCCOC)c2)cc1. The highest BCUT2D eigenvalue weighted by atomic mass is 16.5. The molecule has 0 aliphatic rings. The second-order valence-corrected chi connectivity index (χ2v) is 7.11. The Morgan fingerprint density at radius 2 is 1.62 bits per heavy atom. The van der Waals surface area contributed by atoms with Crippen LogP contribution in [0.3, 0.4) is 0 Å². The third-order valence-corrected chi connectivity index (χ3v) is 4.45. The molecule has 0 radical (unpaired) electrons. The highest BCUT2D eigenvalue weighted by Gasteiger charge is 2.15. The Balaban J connectivity index is 2.05. The molecule has 2 aromatic rings. The van der Waals surface area contributed by atoms with E-state index in [0.717, 1.165) is 5.69 Å². The summed E-state index contributed by atoms with van der Waals surface area (Å²) in [6.45, 7) is 3.07. The van der Waals surface area contributed by atoms with E-state index in [2.05, 4.69) is 16.0 Å². The molecule has 3 amide bonds. The maximum atomic E-state index is 12.7. The lowest BCUT2D eigenvalue weighted by atomic mass is 10.1. The molecule has 0 saturated heterocycles. The van der Waals surface area contributed by atoms with Crippen LogP contribution in [-0.2, 0) is 9.47 Å². The molecule has 0 spiro atoms. The van der Waals surface area contributed by atoms with E-state index in [9.17, 15) is 14.4 Å². The number of hydrogen-bond donors (Lipinski definition) is 3. The van der Waals surface area contributed by atoms with Gasteiger partial charge in [-0.2, -0.15) is 0 Å². The van der Waals surface area contributed by atoms with Crippen molar-refractivity contribution in [1.29, 1.82) is 0 Å². The summed E-state index contributed by atoms with van der Waals surface area (Å²) < 4.78 is 9.94. The molecule has 0 heterocycles. The second kappa shape index (κ2) is 12.3. The van der Waals surface area contributed by atoms with Gasteiger partial charge in [0.05, 0.1) is 17.7 Å². The Morgan fingerprint density at radius 1 is 0.969 bits per heavy atom. The Hall–Kier alpha value is -3.59. The van der Waals surface area contributed by atoms with Gasteiger partial charge in [0.2, 0.25) is 0 Å². The highest BCUT2D eigenvalue weighted by Crippen LogP contribution is 2.23. The van der Waals surface area contributed by atoms with Crippen molar-refractivity contribution in [3.05, 3.63) is 53.6 Å². The quantitative estimate of drug-likeness (QED) is 0.385. The van der Waals surface area contributed by atoms with Gasteiger partial charge in [-0.15, -0.1) is 0 Å². The average molecular weight is 443 g/mol. The summed E-state index contributed by atoms with van der Waals surface area (Å²) in [6, 6.07) is 11.0. The summed E-state index contributed by atoms with van der Waals surface area (Å²) >= 11 is 0. The molecule has 0 aliphatic carbocycles. The molecule has 9 nitrogen and oxygen atoms in total. The van der Waals surface area contributed by atoms with E-state index in [-0.39, 0.29) is 5.91 Å². The van der Waals surface area contributed by atoms with Crippen LogP contribution in [0.2, 0.25) is 0 Å². The van der Waals surface area contributed by atoms with Crippen molar-refractivity contribution in [2.24, 2.45) is 0 Å². The molecule has 2 aromatic carbocycles. The zero-order valence-electron chi connectivity index (χ0n) is 18.9. The number of ether oxygens (including phenoxy) is 2. The molecule has 0 bridgehead atoms. The fourth-order valence-electron chi connectivity index (χ4n) is 2.90. The van der Waals surface area contributed by atoms with Crippen molar-refractivity contribution in [2.75, 3.05) is 56.5 Å². The van der Waals surface area contributed by atoms with Gasteiger partial charge in [0, 0.05) is 51.4 Å². The number of nitrogens with zero attached hydrogens (tertiary/aromatic N) is 1. The predicted octanol–water partition coefficient (Wildman–Crippen LogP) is 3.34. The number of urea groups is 1. The molecule has 3 N–H and O–H groups in total. The van der Waals surface area contributed by atoms with Crippen molar-refractivity contribution in [2.45, 2.75) is 13.3 Å². The molecule has 0 aromatic heterocycles. The number of methoxy groups -OCH3 is 1. The zero-order chi connectivity index (χ0) is 23.5. The molecule has 0 saturated carbocycles. The molecular formula is C23H30N4O5. The van der Waals surface area contributed by atoms with Gasteiger partial charge in [-0.3, -0.25) is 4.79 Å². The van der Waals surface area contributed by atoms with Gasteiger partial charge < -0.3 is 30.3 Å². The van der Waals surface area contributed by atoms with Crippen molar-refractivity contribution < 1.29 is 23.9 Å². The van der Waals surface area contributed by atoms with E-state index in [1.165, 1.54) is 0 Å². The number of hydrogen-bond acceptors (Lipinski definition) is 6. The average Bonchev–Trinajstić information content (AvgIpc) is 2.77. The number of carbonyl (C=O) groups is 3. The lowest BCUT2D eigenvalue weighted by Gasteiger charge is -2.18. The minimum atomic E-state index is -0.474. The van der Waals surface area contributed by atoms with Gasteiger partial charge in [0.25, 0.3) is 5.91 Å². The van der Waals surface area contributed by atoms with E-state index in [1.54, 1.807) is 56.5 Å². The number of rotatable bonds is 10. The first-order chi connectivity index (χ1) is 15.3. The van der Waals surface area contributed by atoms with Crippen LogP contribution in [0.15, 0.2) is 42.5 Å². The summed E-state index contributed by atoms with van der Waals surface area (Å²) in [5.41, 5.74) is 2.56. The fourth-order valence-corrected chi connectivity index (χ4v) is 2.90. The number of nitrogens with one attached hydrogen (secondary N) is 3. The van der Waals surface area contributed by atoms with Gasteiger partial charge in [0.15, 0.2) is 0 Å². The molecule has 0 atom stereocenters. The van der Waals surface area contributed by atoms with Crippen LogP contribution in [0, 0.1) is 0 Å². The van der Waals surface area contributed by atoms with Crippen LogP contribution >= 0.6 is 0 Å². The van der Waals surface area contributed by atoms with Gasteiger partial charge in [-0.25, -0.2) is 9.59 Å². The van der Waals surface area contributed by atoms with Crippen LogP contribution in [0.25, 0.3) is 0 Å². The Morgan fingerprint density at radius 3 is 2.25 bits per heavy atom. The second-order valence-electron chi connectivity index (χ2n) is 7.11. The Labute approximate surface area is 188 Å². The number of esters is 1. The zero-order valence-corrected chi connectivity index (χ0v) is 18.9. The molecule has 2 rings (SSSR count). The third kappa shape index (κ3) is 7.28. The molecule has 0 unspecified atom stereocenters. The molecule has 0 aliphatic heterocycles. The first kappa shape index (κ1) is 24.7. The lowest BCUT2D eigenvalue weighted by molar-refractivity contribution is 0.0526. The van der Waals surface area contributed by atoms with Gasteiger partial charge >= 0.3 is 12.0 Å². The largest absolute Gasteiger partial charge is 0.462 e. The first-order valence-electron chi connectivity index (χ1n) is 10.3. The van der Waals surface area contributed by atoms with E-state index >= 15 is 0 Å². The van der Waals surface area contributed by atoms with Crippen molar-refractivity contribution in [1.82, 2.24) is 5.32 Å². The third-order valence-electron chi connectivity index (χ3n) is 4.45. The predicted molar refractivity (Wildman–Crippen MR) is 125 cm³/mol. The van der Waals surface area contributed by atoms with Crippen molar-refractivity contribution in [3.63, 3.8) is 0 Å². The molecule has 9 heteroatoms. The van der Waals surface area contributed by atoms with Crippen molar-refractivity contribution in [3.8, 4) is 0 Å². The van der Waals surface area contributed by atoms with E-state index < -0.39 is 12.0 Å². The molecule has 32 heavy (non-hydrogen) atoms. The topological polar surface area (TPSA) is 109 Å². The van der Waals surface area contributed by atoms with E-state index in [0.29, 0.717) is 48.7 Å². The summed E-state index contributed by atoms with van der Waals surface area (Å²) in [5.74, 6) is -0.652. The summed E-state index contributed by atoms with van der Waals surface area (Å²) in [5, 5.41) is 8.28. The Bertz CT molecular complexity index is 928. The number of benzene rings is 2. The number of amides is 3. The Kier molecular flexibility index (Phi) is 9.49. The van der Waals surface area contributed by atoms with Gasteiger partial charge in [0.1, 0.15) is 0 Å². The van der Waals surface area contributed by atoms with Crippen LogP contribution in [0.1, 0.15) is 34.1 Å². The van der Waals surface area contributed by atoms with Crippen LogP contribution in [0.4, 0.5) is 21.9 Å². The normalized spacial score (nSPS) is 10.2. The molecule has 172 valence electrons. The lowest BCUT2D eigenvalue weighted by Crippen LogP contribution is -2.27. The van der Waals surface area contributed by atoms with E-state index in [1.807, 2.05) is 19.0 Å². The van der Waals surface area contributed by atoms with Crippen LogP contribution in [-0.4, -0.2) is 58.9 Å². The summed E-state index contributed by atoms with van der Waals surface area (Å²) in [4.78, 5) is 38.6. The standard InChI is InChI=1S/C23H30N4O5/c1-5-32-22(29)16-7-9-17(10-8-16)25-23(30)26-18-11-12-20(27(2)3)19(15-18)21(28)24-13-6-14-31-4/h7-12,15H,5-6,13-14H2,1-4H3,(H,24,28)(H2,25,26,30). The number of anilines is 3. The number of carbonyl (C=O) groups excluding carboxylic acids is 3. The van der Waals surface area contributed by atoms with E-state index in [4.69, 9.17) is 9.47 Å². The van der Waals surface area contributed by atoms with Crippen LogP contribution < -0.4 is 20.9 Å².